The summed E-state index contributed by atoms with van der Waals surface area (Å²) in [5.74, 6) is 0.592. The van der Waals surface area contributed by atoms with Crippen LogP contribution in [-0.2, 0) is 14.8 Å². The Morgan fingerprint density at radius 3 is 2.50 bits per heavy atom. The quantitative estimate of drug-likeness (QED) is 0.649. The lowest BCUT2D eigenvalue weighted by Crippen LogP contribution is -2.42. The molecule has 0 bridgehead atoms. The van der Waals surface area contributed by atoms with E-state index in [0.29, 0.717) is 18.0 Å². The van der Waals surface area contributed by atoms with E-state index in [0.717, 1.165) is 78.0 Å². The highest BCUT2D eigenvalue weighted by atomic mass is 32.2. The number of morpholine rings is 1. The van der Waals surface area contributed by atoms with Crippen molar-refractivity contribution in [2.75, 3.05) is 52.5 Å². The summed E-state index contributed by atoms with van der Waals surface area (Å²) in [7, 11) is -3.58. The second kappa shape index (κ2) is 10.6. The molecule has 3 aliphatic heterocycles. The molecule has 3 heterocycles. The Labute approximate surface area is 192 Å². The maximum Gasteiger partial charge on any atom is 0.253 e. The molecule has 1 amide bonds. The molecule has 0 saturated carbocycles. The fourth-order valence-corrected chi connectivity index (χ4v) is 6.90. The lowest BCUT2D eigenvalue weighted by atomic mass is 9.93. The third-order valence-electron chi connectivity index (χ3n) is 7.29. The molecule has 178 valence electrons. The highest BCUT2D eigenvalue weighted by Gasteiger charge is 2.32. The van der Waals surface area contributed by atoms with Crippen molar-refractivity contribution >= 4 is 15.9 Å². The van der Waals surface area contributed by atoms with Crippen molar-refractivity contribution in [1.29, 1.82) is 0 Å². The smallest absolute Gasteiger partial charge is 0.253 e. The molecule has 3 aliphatic rings. The van der Waals surface area contributed by atoms with Gasteiger partial charge in [-0.1, -0.05) is 12.5 Å². The molecule has 8 heteroatoms. The van der Waals surface area contributed by atoms with Gasteiger partial charge in [0, 0.05) is 44.3 Å². The first-order chi connectivity index (χ1) is 15.4. The topological polar surface area (TPSA) is 70.2 Å². The van der Waals surface area contributed by atoms with Gasteiger partial charge >= 0.3 is 0 Å². The van der Waals surface area contributed by atoms with Crippen LogP contribution in [0.25, 0.3) is 0 Å². The van der Waals surface area contributed by atoms with Gasteiger partial charge < -0.3 is 9.64 Å². The van der Waals surface area contributed by atoms with Gasteiger partial charge in [-0.3, -0.25) is 9.69 Å². The fraction of sp³-hybridized carbons (Fsp3) is 0.708. The number of hydrogen-bond acceptors (Lipinski definition) is 5. The zero-order valence-electron chi connectivity index (χ0n) is 19.2. The number of nitrogens with zero attached hydrogens (tertiary/aromatic N) is 3. The molecule has 4 rings (SSSR count). The van der Waals surface area contributed by atoms with Gasteiger partial charge in [-0.2, -0.15) is 4.31 Å². The Morgan fingerprint density at radius 2 is 1.78 bits per heavy atom. The number of piperidine rings is 2. The zero-order chi connectivity index (χ0) is 22.6. The van der Waals surface area contributed by atoms with E-state index < -0.39 is 10.0 Å². The molecule has 3 saturated heterocycles. The van der Waals surface area contributed by atoms with Crippen molar-refractivity contribution < 1.29 is 17.9 Å². The average Bonchev–Trinajstić information content (AvgIpc) is 2.83. The molecule has 0 radical (unpaired) electrons. The number of ether oxygens (including phenoxy) is 1. The number of amides is 1. The van der Waals surface area contributed by atoms with Crippen LogP contribution in [0.4, 0.5) is 0 Å². The number of rotatable bonds is 6. The average molecular weight is 464 g/mol. The van der Waals surface area contributed by atoms with Crippen molar-refractivity contribution in [2.24, 2.45) is 5.92 Å². The summed E-state index contributed by atoms with van der Waals surface area (Å²) in [5.41, 5.74) is 0.475. The van der Waals surface area contributed by atoms with Crippen molar-refractivity contribution in [3.63, 3.8) is 0 Å². The van der Waals surface area contributed by atoms with Crippen molar-refractivity contribution in [3.8, 4) is 0 Å². The zero-order valence-corrected chi connectivity index (χ0v) is 20.1. The van der Waals surface area contributed by atoms with Crippen LogP contribution in [0.15, 0.2) is 29.2 Å². The number of carbonyl (C=O) groups is 1. The highest BCUT2D eigenvalue weighted by molar-refractivity contribution is 7.89. The van der Waals surface area contributed by atoms with Gasteiger partial charge in [0.15, 0.2) is 0 Å². The van der Waals surface area contributed by atoms with Crippen LogP contribution in [0, 0.1) is 5.92 Å². The standard InChI is InChI=1S/C24H37N3O4S/c1-20-5-2-3-11-27(20)32(29,30)23-7-4-6-22(19-23)24(28)26-13-9-21(10-14-26)8-12-25-15-17-31-18-16-25/h4,6-7,19-21H,2-3,5,8-18H2,1H3. The Balaban J connectivity index is 1.34. The van der Waals surface area contributed by atoms with E-state index in [2.05, 4.69) is 4.90 Å². The Hall–Kier alpha value is -1.48. The van der Waals surface area contributed by atoms with Crippen molar-refractivity contribution in [1.82, 2.24) is 14.1 Å². The van der Waals surface area contributed by atoms with E-state index in [1.54, 1.807) is 28.6 Å². The lowest BCUT2D eigenvalue weighted by Gasteiger charge is -2.34. The minimum atomic E-state index is -3.58. The molecular formula is C24H37N3O4S. The van der Waals surface area contributed by atoms with Crippen LogP contribution in [0.2, 0.25) is 0 Å². The number of likely N-dealkylation sites (tertiary alicyclic amines) is 1. The summed E-state index contributed by atoms with van der Waals surface area (Å²) in [5, 5.41) is 0. The molecule has 32 heavy (non-hydrogen) atoms. The summed E-state index contributed by atoms with van der Waals surface area (Å²) in [4.78, 5) is 17.7. The van der Waals surface area contributed by atoms with Crippen LogP contribution in [-0.4, -0.2) is 87.0 Å². The maximum absolute atomic E-state index is 13.2. The normalized spacial score (nSPS) is 24.5. The predicted octanol–water partition coefficient (Wildman–Crippen LogP) is 2.82. The number of sulfonamides is 1. The summed E-state index contributed by atoms with van der Waals surface area (Å²) >= 11 is 0. The monoisotopic (exact) mass is 463 g/mol. The molecule has 7 nitrogen and oxygen atoms in total. The van der Waals surface area contributed by atoms with Crippen molar-refractivity contribution in [2.45, 2.75) is 56.4 Å². The van der Waals surface area contributed by atoms with E-state index in [4.69, 9.17) is 4.74 Å². The molecule has 1 unspecified atom stereocenters. The molecule has 0 N–H and O–H groups in total. The number of carbonyl (C=O) groups excluding carboxylic acids is 1. The predicted molar refractivity (Wildman–Crippen MR) is 124 cm³/mol. The van der Waals surface area contributed by atoms with E-state index in [1.165, 1.54) is 6.42 Å². The van der Waals surface area contributed by atoms with E-state index in [1.807, 2.05) is 11.8 Å². The van der Waals surface area contributed by atoms with Gasteiger partial charge in [-0.05, 0) is 69.7 Å². The Morgan fingerprint density at radius 1 is 1.03 bits per heavy atom. The Kier molecular flexibility index (Phi) is 7.87. The van der Waals surface area contributed by atoms with Crippen molar-refractivity contribution in [3.05, 3.63) is 29.8 Å². The maximum atomic E-state index is 13.2. The first kappa shape index (κ1) is 23.7. The van der Waals surface area contributed by atoms with E-state index in [9.17, 15) is 13.2 Å². The van der Waals surface area contributed by atoms with Gasteiger partial charge in [-0.15, -0.1) is 0 Å². The number of benzene rings is 1. The van der Waals surface area contributed by atoms with Gasteiger partial charge in [0.25, 0.3) is 5.91 Å². The van der Waals surface area contributed by atoms with Crippen LogP contribution >= 0.6 is 0 Å². The first-order valence-electron chi connectivity index (χ1n) is 12.2. The molecule has 1 aromatic rings. The third kappa shape index (κ3) is 5.53. The SMILES string of the molecule is CC1CCCCN1S(=O)(=O)c1cccc(C(=O)N2CCC(CCN3CCOCC3)CC2)c1. The lowest BCUT2D eigenvalue weighted by molar-refractivity contribution is 0.0332. The van der Waals surface area contributed by atoms with Gasteiger partial charge in [0.1, 0.15) is 0 Å². The van der Waals surface area contributed by atoms with Crippen LogP contribution in [0.5, 0.6) is 0 Å². The minimum absolute atomic E-state index is 0.00426. The molecular weight excluding hydrogens is 426 g/mol. The molecule has 0 aromatic heterocycles. The van der Waals surface area contributed by atoms with E-state index >= 15 is 0 Å². The van der Waals surface area contributed by atoms with E-state index in [-0.39, 0.29) is 16.8 Å². The third-order valence-corrected chi connectivity index (χ3v) is 9.30. The van der Waals surface area contributed by atoms with Crippen LogP contribution in [0.3, 0.4) is 0 Å². The summed E-state index contributed by atoms with van der Waals surface area (Å²) in [6.45, 7) is 8.82. The first-order valence-corrected chi connectivity index (χ1v) is 13.6. The summed E-state index contributed by atoms with van der Waals surface area (Å²) in [6.07, 6.45) is 6.04. The molecule has 1 aromatic carbocycles. The largest absolute Gasteiger partial charge is 0.379 e. The van der Waals surface area contributed by atoms with Gasteiger partial charge in [-0.25, -0.2) is 8.42 Å². The second-order valence-electron chi connectivity index (χ2n) is 9.47. The second-order valence-corrected chi connectivity index (χ2v) is 11.4. The van der Waals surface area contributed by atoms with Crippen LogP contribution in [0.1, 0.15) is 55.8 Å². The summed E-state index contributed by atoms with van der Waals surface area (Å²) < 4.78 is 33.4. The molecule has 0 spiro atoms. The minimum Gasteiger partial charge on any atom is -0.379 e. The van der Waals surface area contributed by atoms with Gasteiger partial charge in [0.05, 0.1) is 18.1 Å². The molecule has 0 aliphatic carbocycles. The fourth-order valence-electron chi connectivity index (χ4n) is 5.15. The molecule has 1 atom stereocenters. The number of hydrogen-bond donors (Lipinski definition) is 0. The summed E-state index contributed by atoms with van der Waals surface area (Å²) in [6, 6.07) is 6.63. The molecule has 3 fully saturated rings. The van der Waals surface area contributed by atoms with Crippen LogP contribution < -0.4 is 0 Å². The Bertz CT molecular complexity index is 877. The highest BCUT2D eigenvalue weighted by Crippen LogP contribution is 2.27. The van der Waals surface area contributed by atoms with Gasteiger partial charge in [0.2, 0.25) is 10.0 Å².